The van der Waals surface area contributed by atoms with Gasteiger partial charge in [0.05, 0.1) is 28.0 Å². The molecule has 44 heavy (non-hydrogen) atoms. The molecule has 0 aliphatic carbocycles. The summed E-state index contributed by atoms with van der Waals surface area (Å²) in [6.45, 7) is 3.57. The number of esters is 1. The zero-order valence-corrected chi connectivity index (χ0v) is 29.5. The number of hydrazone groups is 1. The van der Waals surface area contributed by atoms with Gasteiger partial charge in [-0.15, -0.1) is 0 Å². The van der Waals surface area contributed by atoms with E-state index in [-0.39, 0.29) is 19.8 Å². The number of hydrogen-bond acceptors (Lipinski definition) is 7. The smallest absolute Gasteiger partial charge is 0.338 e. The van der Waals surface area contributed by atoms with Crippen LogP contribution in [-0.2, 0) is 20.9 Å². The van der Waals surface area contributed by atoms with Crippen LogP contribution in [0.2, 0.25) is 10.0 Å². The van der Waals surface area contributed by atoms with Crippen LogP contribution in [0.5, 0.6) is 11.5 Å². The molecule has 0 saturated heterocycles. The molecule has 1 aliphatic heterocycles. The Morgan fingerprint density at radius 1 is 1.16 bits per heavy atom. The lowest BCUT2D eigenvalue weighted by atomic mass is 9.95. The highest BCUT2D eigenvalue weighted by Gasteiger charge is 2.32. The normalized spacial score (nSPS) is 14.6. The second-order valence-corrected chi connectivity index (χ2v) is 12.6. The Morgan fingerprint density at radius 3 is 2.68 bits per heavy atom. The Kier molecular flexibility index (Phi) is 12.3. The molecular formula is C30H26BrCl2IN4O5S. The minimum Gasteiger partial charge on any atom is -0.487 e. The number of carbonyl (C=O) groups is 2. The van der Waals surface area contributed by atoms with Crippen LogP contribution in [0.15, 0.2) is 75.4 Å². The molecular weight excluding hydrogens is 806 g/mol. The molecule has 0 bridgehead atoms. The predicted molar refractivity (Wildman–Crippen MR) is 186 cm³/mol. The van der Waals surface area contributed by atoms with Gasteiger partial charge < -0.3 is 24.8 Å². The van der Waals surface area contributed by atoms with Crippen LogP contribution in [-0.4, -0.2) is 36.4 Å². The maximum Gasteiger partial charge on any atom is 0.338 e. The standard InChI is InChI=1S/C30H26BrCl2IN4O5S/c1-3-41-29(40)26-16(2)36-30(44)37-27(26)21-6-4-5-7-24(21)42-15-25(39)38-35-13-18-10-19(31)11-23(34)28(18)43-14-17-8-9-20(32)12-22(17)33/h4-13,27H,3,14-15H2,1-2H3,(H,38,39)(H2,36,37,44)/t27-/m1/s1. The van der Waals surface area contributed by atoms with Crippen molar-refractivity contribution in [1.29, 1.82) is 0 Å². The Balaban J connectivity index is 1.44. The summed E-state index contributed by atoms with van der Waals surface area (Å²) in [5, 5.41) is 11.6. The number of thiocarbonyl (C=S) groups is 1. The van der Waals surface area contributed by atoms with Crippen molar-refractivity contribution in [2.75, 3.05) is 13.2 Å². The number of nitrogens with zero attached hydrogens (tertiary/aromatic N) is 1. The molecule has 230 valence electrons. The summed E-state index contributed by atoms with van der Waals surface area (Å²) >= 11 is 23.3. The molecule has 3 aromatic rings. The summed E-state index contributed by atoms with van der Waals surface area (Å²) < 4.78 is 18.8. The second-order valence-electron chi connectivity index (χ2n) is 9.24. The molecule has 3 N–H and O–H groups in total. The largest absolute Gasteiger partial charge is 0.487 e. The van der Waals surface area contributed by atoms with Crippen LogP contribution in [0.4, 0.5) is 0 Å². The zero-order valence-electron chi connectivity index (χ0n) is 23.4. The number of ether oxygens (including phenoxy) is 3. The van der Waals surface area contributed by atoms with Crippen LogP contribution in [0.25, 0.3) is 0 Å². The van der Waals surface area contributed by atoms with E-state index >= 15 is 0 Å². The quantitative estimate of drug-likeness (QED) is 0.0636. The number of para-hydroxylation sites is 1. The molecule has 14 heteroatoms. The number of halogens is 4. The van der Waals surface area contributed by atoms with Crippen molar-refractivity contribution in [2.24, 2.45) is 5.10 Å². The van der Waals surface area contributed by atoms with Crippen molar-refractivity contribution >= 4 is 97.1 Å². The maximum absolute atomic E-state index is 12.8. The van der Waals surface area contributed by atoms with Crippen LogP contribution in [0.3, 0.4) is 0 Å². The number of amides is 1. The Hall–Kier alpha value is -2.91. The summed E-state index contributed by atoms with van der Waals surface area (Å²) in [6.07, 6.45) is 1.48. The van der Waals surface area contributed by atoms with Crippen molar-refractivity contribution in [2.45, 2.75) is 26.5 Å². The highest BCUT2D eigenvalue weighted by atomic mass is 127. The first-order chi connectivity index (χ1) is 21.1. The summed E-state index contributed by atoms with van der Waals surface area (Å²) in [5.41, 5.74) is 5.42. The van der Waals surface area contributed by atoms with E-state index in [1.807, 2.05) is 12.1 Å². The van der Waals surface area contributed by atoms with Gasteiger partial charge in [-0.05, 0) is 79.0 Å². The Labute approximate surface area is 292 Å². The van der Waals surface area contributed by atoms with Gasteiger partial charge in [0.2, 0.25) is 0 Å². The molecule has 1 atom stereocenters. The maximum atomic E-state index is 12.8. The van der Waals surface area contributed by atoms with E-state index in [0.29, 0.717) is 49.1 Å². The predicted octanol–water partition coefficient (Wildman–Crippen LogP) is 6.82. The molecule has 1 amide bonds. The Bertz CT molecular complexity index is 1660. The fraction of sp³-hybridized carbons (Fsp3) is 0.200. The second kappa shape index (κ2) is 15.9. The van der Waals surface area contributed by atoms with E-state index in [1.54, 1.807) is 56.3 Å². The zero-order chi connectivity index (χ0) is 31.8. The fourth-order valence-corrected chi connectivity index (χ4v) is 6.66. The molecule has 3 aromatic carbocycles. The molecule has 4 rings (SSSR count). The third kappa shape index (κ3) is 8.84. The summed E-state index contributed by atoms with van der Waals surface area (Å²) in [7, 11) is 0. The molecule has 0 unspecified atom stereocenters. The number of benzene rings is 3. The van der Waals surface area contributed by atoms with Gasteiger partial charge in [0, 0.05) is 36.9 Å². The average molecular weight is 832 g/mol. The van der Waals surface area contributed by atoms with Crippen molar-refractivity contribution < 1.29 is 23.8 Å². The summed E-state index contributed by atoms with van der Waals surface area (Å²) in [5.74, 6) is -0.0267. The van der Waals surface area contributed by atoms with E-state index in [9.17, 15) is 9.59 Å². The lowest BCUT2D eigenvalue weighted by Crippen LogP contribution is -2.45. The van der Waals surface area contributed by atoms with Gasteiger partial charge in [-0.25, -0.2) is 10.2 Å². The molecule has 0 fully saturated rings. The molecule has 0 spiro atoms. The number of rotatable bonds is 11. The van der Waals surface area contributed by atoms with Crippen LogP contribution < -0.4 is 25.5 Å². The first-order valence-electron chi connectivity index (χ1n) is 13.1. The van der Waals surface area contributed by atoms with Crippen molar-refractivity contribution in [3.05, 3.63) is 101 Å². The summed E-state index contributed by atoms with van der Waals surface area (Å²) in [4.78, 5) is 25.5. The third-order valence-corrected chi connectivity index (χ3v) is 8.24. The highest BCUT2D eigenvalue weighted by Crippen LogP contribution is 2.34. The molecule has 0 radical (unpaired) electrons. The lowest BCUT2D eigenvalue weighted by molar-refractivity contribution is -0.139. The van der Waals surface area contributed by atoms with E-state index < -0.39 is 17.9 Å². The number of allylic oxidation sites excluding steroid dienone is 1. The van der Waals surface area contributed by atoms with E-state index in [4.69, 9.17) is 49.6 Å². The minimum absolute atomic E-state index is 0.206. The molecule has 0 saturated carbocycles. The van der Waals surface area contributed by atoms with Crippen molar-refractivity contribution in [3.63, 3.8) is 0 Å². The molecule has 9 nitrogen and oxygen atoms in total. The van der Waals surface area contributed by atoms with E-state index in [1.165, 1.54) is 6.21 Å². The lowest BCUT2D eigenvalue weighted by Gasteiger charge is -2.30. The molecule has 1 aliphatic rings. The average Bonchev–Trinajstić information content (AvgIpc) is 2.96. The van der Waals surface area contributed by atoms with Gasteiger partial charge in [-0.2, -0.15) is 5.10 Å². The van der Waals surface area contributed by atoms with Gasteiger partial charge in [-0.1, -0.05) is 63.4 Å². The molecule has 0 aromatic heterocycles. The number of carbonyl (C=O) groups excluding carboxylic acids is 2. The molecule has 1 heterocycles. The van der Waals surface area contributed by atoms with Crippen LogP contribution >= 0.6 is 73.9 Å². The van der Waals surface area contributed by atoms with Crippen LogP contribution in [0.1, 0.15) is 36.6 Å². The summed E-state index contributed by atoms with van der Waals surface area (Å²) in [6, 6.07) is 15.3. The number of hydrogen-bond donors (Lipinski definition) is 3. The van der Waals surface area contributed by atoms with Gasteiger partial charge in [0.25, 0.3) is 5.91 Å². The first-order valence-corrected chi connectivity index (χ1v) is 16.2. The fourth-order valence-electron chi connectivity index (χ4n) is 4.22. The van der Waals surface area contributed by atoms with Gasteiger partial charge in [0.15, 0.2) is 11.7 Å². The van der Waals surface area contributed by atoms with E-state index in [0.717, 1.165) is 13.6 Å². The van der Waals surface area contributed by atoms with Crippen molar-refractivity contribution in [1.82, 2.24) is 16.1 Å². The topological polar surface area (TPSA) is 110 Å². The van der Waals surface area contributed by atoms with E-state index in [2.05, 4.69) is 59.7 Å². The first kappa shape index (κ1) is 34.0. The SMILES string of the molecule is CCOC(=O)C1=C(C)NC(=S)N[C@@H]1c1ccccc1OCC(=O)NN=Cc1cc(Br)cc(I)c1OCc1ccc(Cl)cc1Cl. The highest BCUT2D eigenvalue weighted by molar-refractivity contribution is 14.1. The van der Waals surface area contributed by atoms with Gasteiger partial charge in [0.1, 0.15) is 18.1 Å². The van der Waals surface area contributed by atoms with Gasteiger partial charge in [-0.3, -0.25) is 4.79 Å². The van der Waals surface area contributed by atoms with Gasteiger partial charge >= 0.3 is 5.97 Å². The minimum atomic E-state index is -0.639. The van der Waals surface area contributed by atoms with Crippen molar-refractivity contribution in [3.8, 4) is 11.5 Å². The Morgan fingerprint density at radius 2 is 1.93 bits per heavy atom. The van der Waals surface area contributed by atoms with Crippen LogP contribution in [0, 0.1) is 3.57 Å². The monoisotopic (exact) mass is 830 g/mol. The third-order valence-electron chi connectivity index (χ3n) is 6.17. The number of nitrogens with one attached hydrogen (secondary N) is 3.